The van der Waals surface area contributed by atoms with Gasteiger partial charge in [-0.25, -0.2) is 0 Å². The van der Waals surface area contributed by atoms with E-state index >= 15 is 0 Å². The molecule has 0 spiro atoms. The molecular weight excluding hydrogens is 468 g/mol. The maximum absolute atomic E-state index is 5.77. The number of anilines is 1. The molecule has 1 unspecified atom stereocenters. The van der Waals surface area contributed by atoms with E-state index in [-0.39, 0.29) is 0 Å². The smallest absolute Gasteiger partial charge is 0.263 e. The largest absolute Gasteiger partial charge is 0.494 e. The number of aryl methyl sites for hydroxylation is 2. The van der Waals surface area contributed by atoms with Gasteiger partial charge in [-0.3, -0.25) is 0 Å². The van der Waals surface area contributed by atoms with E-state index in [0.29, 0.717) is 12.5 Å². The second-order valence-corrected chi connectivity index (χ2v) is 11.6. The van der Waals surface area contributed by atoms with Crippen molar-refractivity contribution in [2.45, 2.75) is 58.9 Å². The minimum atomic E-state index is 0.637. The van der Waals surface area contributed by atoms with E-state index in [2.05, 4.69) is 91.8 Å². The van der Waals surface area contributed by atoms with Gasteiger partial charge in [0.25, 0.3) is 5.01 Å². The van der Waals surface area contributed by atoms with Crippen LogP contribution in [0.5, 0.6) is 5.75 Å². The Kier molecular flexibility index (Phi) is 7.08. The number of aromatic nitrogens is 1. The Hall–Kier alpha value is -2.50. The summed E-state index contributed by atoms with van der Waals surface area (Å²) >= 11 is 3.78. The molecule has 5 heteroatoms. The Morgan fingerprint density at radius 3 is 2.71 bits per heavy atom. The Labute approximate surface area is 217 Å². The number of fused-ring (bicyclic) bond motifs is 2. The van der Waals surface area contributed by atoms with Crippen LogP contribution >= 0.6 is 23.1 Å². The van der Waals surface area contributed by atoms with Crippen molar-refractivity contribution < 1.29 is 9.30 Å². The third-order valence-electron chi connectivity index (χ3n) is 6.69. The summed E-state index contributed by atoms with van der Waals surface area (Å²) in [6, 6.07) is 13.3. The summed E-state index contributed by atoms with van der Waals surface area (Å²) in [6.07, 6.45) is 9.54. The molecule has 2 heterocycles. The Morgan fingerprint density at radius 2 is 1.94 bits per heavy atom. The number of ether oxygens (including phenoxy) is 1. The minimum Gasteiger partial charge on any atom is -0.494 e. The number of benzene rings is 2. The van der Waals surface area contributed by atoms with Crippen LogP contribution in [0.1, 0.15) is 51.1 Å². The first kappa shape index (κ1) is 24.2. The number of rotatable bonds is 6. The minimum absolute atomic E-state index is 0.637. The van der Waals surface area contributed by atoms with Gasteiger partial charge in [0, 0.05) is 17.5 Å². The standard InChI is InChI=1S/C30H35N2OS2/c1-6-31-25-15-20(4)9-11-27(25)34-29(31)17-22-13-21(5)14-23(16-22)18-30-32(7-2)26-19-24(33-8-3)10-12-28(26)35-30/h9-12,15-19,21H,6-8,13-14H2,1-5H3/q+1. The average molecular weight is 504 g/mol. The van der Waals surface area contributed by atoms with Crippen LogP contribution in [0.15, 0.2) is 69.6 Å². The van der Waals surface area contributed by atoms with Crippen molar-refractivity contribution in [1.82, 2.24) is 0 Å². The molecule has 3 nitrogen and oxygen atoms in total. The Balaban J connectivity index is 1.49. The molecule has 0 fully saturated rings. The predicted octanol–water partition coefficient (Wildman–Crippen LogP) is 8.13. The monoisotopic (exact) mass is 503 g/mol. The molecule has 1 aliphatic heterocycles. The maximum Gasteiger partial charge on any atom is 0.263 e. The van der Waals surface area contributed by atoms with Crippen LogP contribution in [0.25, 0.3) is 16.3 Å². The quantitative estimate of drug-likeness (QED) is 0.316. The van der Waals surface area contributed by atoms with Crippen LogP contribution < -0.4 is 14.2 Å². The van der Waals surface area contributed by atoms with E-state index in [9.17, 15) is 0 Å². The van der Waals surface area contributed by atoms with E-state index in [4.69, 9.17) is 4.74 Å². The molecule has 1 aromatic heterocycles. The van der Waals surface area contributed by atoms with Crippen LogP contribution in [-0.4, -0.2) is 13.2 Å². The number of nitrogens with zero attached hydrogens (tertiary/aromatic N) is 2. The van der Waals surface area contributed by atoms with Gasteiger partial charge in [-0.05, 0) is 93.5 Å². The van der Waals surface area contributed by atoms with Crippen molar-refractivity contribution in [2.75, 3.05) is 18.1 Å². The summed E-state index contributed by atoms with van der Waals surface area (Å²) in [4.78, 5) is 3.83. The molecule has 0 N–H and O–H groups in total. The highest BCUT2D eigenvalue weighted by Crippen LogP contribution is 2.47. The molecule has 2 aromatic carbocycles. The van der Waals surface area contributed by atoms with Gasteiger partial charge in [-0.15, -0.1) is 0 Å². The van der Waals surface area contributed by atoms with Crippen LogP contribution in [0.2, 0.25) is 0 Å². The highest BCUT2D eigenvalue weighted by Gasteiger charge is 2.25. The number of hydrogen-bond acceptors (Lipinski definition) is 4. The van der Waals surface area contributed by atoms with Crippen LogP contribution in [0, 0.1) is 12.8 Å². The molecule has 3 aromatic rings. The number of thiazole rings is 1. The van der Waals surface area contributed by atoms with E-state index in [1.807, 2.05) is 30.0 Å². The third kappa shape index (κ3) is 4.94. The van der Waals surface area contributed by atoms with Crippen molar-refractivity contribution >= 4 is 45.1 Å². The molecule has 2 aliphatic rings. The zero-order chi connectivity index (χ0) is 24.5. The summed E-state index contributed by atoms with van der Waals surface area (Å²) in [5.74, 6) is 1.59. The summed E-state index contributed by atoms with van der Waals surface area (Å²) in [6.45, 7) is 13.7. The topological polar surface area (TPSA) is 16.4 Å². The summed E-state index contributed by atoms with van der Waals surface area (Å²) < 4.78 is 9.50. The number of thioether (sulfide) groups is 1. The highest BCUT2D eigenvalue weighted by atomic mass is 32.2. The van der Waals surface area contributed by atoms with Crippen molar-refractivity contribution in [3.63, 3.8) is 0 Å². The molecule has 35 heavy (non-hydrogen) atoms. The second kappa shape index (κ2) is 10.2. The van der Waals surface area contributed by atoms with Crippen molar-refractivity contribution in [1.29, 1.82) is 0 Å². The lowest BCUT2D eigenvalue weighted by atomic mass is 9.87. The zero-order valence-corrected chi connectivity index (χ0v) is 23.1. The van der Waals surface area contributed by atoms with Gasteiger partial charge >= 0.3 is 0 Å². The molecule has 0 amide bonds. The fourth-order valence-corrected chi connectivity index (χ4v) is 7.53. The van der Waals surface area contributed by atoms with Gasteiger partial charge in [0.2, 0.25) is 5.52 Å². The lowest BCUT2D eigenvalue weighted by molar-refractivity contribution is -0.665. The van der Waals surface area contributed by atoms with E-state index < -0.39 is 0 Å². The van der Waals surface area contributed by atoms with Gasteiger partial charge < -0.3 is 9.64 Å². The van der Waals surface area contributed by atoms with Crippen LogP contribution in [0.4, 0.5) is 5.69 Å². The molecule has 0 radical (unpaired) electrons. The summed E-state index contributed by atoms with van der Waals surface area (Å²) in [5, 5.41) is 2.67. The Morgan fingerprint density at radius 1 is 1.09 bits per heavy atom. The predicted molar refractivity (Wildman–Crippen MR) is 151 cm³/mol. The molecular formula is C30H35N2OS2+. The second-order valence-electron chi connectivity index (χ2n) is 9.50. The van der Waals surface area contributed by atoms with E-state index in [1.165, 1.54) is 47.5 Å². The molecule has 5 rings (SSSR count). The molecule has 0 saturated heterocycles. The first-order chi connectivity index (χ1) is 17.0. The Bertz CT molecular complexity index is 1350. The summed E-state index contributed by atoms with van der Waals surface area (Å²) in [7, 11) is 0. The molecule has 1 aliphatic carbocycles. The average Bonchev–Trinajstić information content (AvgIpc) is 3.34. The SMILES string of the molecule is CCOc1ccc2sc(C=C3C=C(C=C4Sc5ccc(C)cc5N4CC)CC(C)C3)[n+](CC)c2c1. The van der Waals surface area contributed by atoms with Crippen LogP contribution in [-0.2, 0) is 6.54 Å². The maximum atomic E-state index is 5.77. The molecule has 0 bridgehead atoms. The normalized spacial score (nSPS) is 20.1. The lowest BCUT2D eigenvalue weighted by Crippen LogP contribution is -2.33. The van der Waals surface area contributed by atoms with Gasteiger partial charge in [0.15, 0.2) is 0 Å². The van der Waals surface area contributed by atoms with Gasteiger partial charge in [0.1, 0.15) is 17.0 Å². The van der Waals surface area contributed by atoms with Crippen LogP contribution in [0.3, 0.4) is 0 Å². The van der Waals surface area contributed by atoms with E-state index in [1.54, 1.807) is 0 Å². The van der Waals surface area contributed by atoms with Gasteiger partial charge in [-0.1, -0.05) is 42.2 Å². The first-order valence-electron chi connectivity index (χ1n) is 12.8. The third-order valence-corrected chi connectivity index (χ3v) is 8.91. The molecule has 0 saturated carbocycles. The van der Waals surface area contributed by atoms with E-state index in [0.717, 1.165) is 31.7 Å². The zero-order valence-electron chi connectivity index (χ0n) is 21.4. The number of allylic oxidation sites excluding steroid dienone is 4. The lowest BCUT2D eigenvalue weighted by Gasteiger charge is -2.22. The first-order valence-corrected chi connectivity index (χ1v) is 14.4. The molecule has 182 valence electrons. The fraction of sp³-hybridized carbons (Fsp3) is 0.367. The van der Waals surface area contributed by atoms with Gasteiger partial charge in [-0.2, -0.15) is 4.57 Å². The van der Waals surface area contributed by atoms with Crippen molar-refractivity contribution in [3.05, 3.63) is 75.3 Å². The summed E-state index contributed by atoms with van der Waals surface area (Å²) in [5.41, 5.74) is 6.79. The number of hydrogen-bond donors (Lipinski definition) is 0. The van der Waals surface area contributed by atoms with Crippen molar-refractivity contribution in [3.8, 4) is 5.75 Å². The highest BCUT2D eigenvalue weighted by molar-refractivity contribution is 8.03. The molecule has 1 atom stereocenters. The fourth-order valence-electron chi connectivity index (χ4n) is 5.17. The van der Waals surface area contributed by atoms with Gasteiger partial charge in [0.05, 0.1) is 23.4 Å². The van der Waals surface area contributed by atoms with Crippen molar-refractivity contribution in [2.24, 2.45) is 5.92 Å².